The Bertz CT molecular complexity index is 817. The molecule has 0 aromatic carbocycles. The molecule has 0 aliphatic heterocycles. The summed E-state index contributed by atoms with van der Waals surface area (Å²) in [4.78, 5) is 9.18. The van der Waals surface area contributed by atoms with Crippen LogP contribution in [0, 0.1) is 0 Å². The van der Waals surface area contributed by atoms with Crippen LogP contribution < -0.4 is 0 Å². The number of aliphatic hydroxyl groups excluding tert-OH is 1. The number of rotatable bonds is 2. The monoisotopic (exact) mass is 427 g/mol. The summed E-state index contributed by atoms with van der Waals surface area (Å²) >= 11 is 4.27. The molecular weight excluding hydrogens is 409 g/mol. The van der Waals surface area contributed by atoms with Gasteiger partial charge >= 0.3 is 0 Å². The molecule has 4 nitrogen and oxygen atoms in total. The molecule has 0 unspecified atom stereocenters. The second-order valence-electron chi connectivity index (χ2n) is 6.05. The summed E-state index contributed by atoms with van der Waals surface area (Å²) in [6.45, 7) is 1.81. The Hall–Kier alpha value is -0.730. The van der Waals surface area contributed by atoms with Crippen LogP contribution in [0.2, 0.25) is 0 Å². The van der Waals surface area contributed by atoms with E-state index >= 15 is 0 Å². The summed E-state index contributed by atoms with van der Waals surface area (Å²) in [6, 6.07) is 2.49. The lowest BCUT2D eigenvalue weighted by Gasteiger charge is -2.28. The number of imidazole rings is 1. The summed E-state index contributed by atoms with van der Waals surface area (Å²) in [5.41, 5.74) is 3.09. The van der Waals surface area contributed by atoms with E-state index in [9.17, 15) is 5.11 Å². The van der Waals surface area contributed by atoms with E-state index in [4.69, 9.17) is 4.98 Å². The molecule has 1 N–H and O–H groups in total. The second-order valence-corrected chi connectivity index (χ2v) is 8.73. The summed E-state index contributed by atoms with van der Waals surface area (Å²) in [5, 5.41) is 12.3. The molecule has 6 heteroatoms. The summed E-state index contributed by atoms with van der Waals surface area (Å²) in [5.74, 6) is 0.787. The number of alkyl halides is 1. The van der Waals surface area contributed by atoms with Crippen molar-refractivity contribution in [2.75, 3.05) is 0 Å². The van der Waals surface area contributed by atoms with Crippen LogP contribution >= 0.6 is 33.9 Å². The molecule has 0 saturated heterocycles. The summed E-state index contributed by atoms with van der Waals surface area (Å²) in [7, 11) is 0. The molecule has 0 bridgehead atoms. The number of pyridine rings is 1. The van der Waals surface area contributed by atoms with Gasteiger partial charge < -0.3 is 9.67 Å². The first kappa shape index (κ1) is 14.8. The van der Waals surface area contributed by atoms with Gasteiger partial charge in [-0.15, -0.1) is 11.3 Å². The van der Waals surface area contributed by atoms with Gasteiger partial charge in [0.1, 0.15) is 17.4 Å². The number of fused-ring (bicyclic) bond motifs is 3. The predicted molar refractivity (Wildman–Crippen MR) is 98.9 cm³/mol. The highest BCUT2D eigenvalue weighted by atomic mass is 127. The molecule has 0 radical (unpaired) electrons. The lowest BCUT2D eigenvalue weighted by Crippen LogP contribution is -2.20. The third kappa shape index (κ3) is 2.35. The van der Waals surface area contributed by atoms with Gasteiger partial charge in [0.2, 0.25) is 0 Å². The Morgan fingerprint density at radius 1 is 1.32 bits per heavy atom. The molecule has 1 atom stereocenters. The fourth-order valence-electron chi connectivity index (χ4n) is 3.45. The lowest BCUT2D eigenvalue weighted by molar-refractivity contribution is 0.178. The van der Waals surface area contributed by atoms with Gasteiger partial charge in [-0.05, 0) is 44.1 Å². The number of hydrogen-bond acceptors (Lipinski definition) is 4. The van der Waals surface area contributed by atoms with Crippen molar-refractivity contribution < 1.29 is 5.11 Å². The zero-order valence-electron chi connectivity index (χ0n) is 12.4. The van der Waals surface area contributed by atoms with E-state index in [1.807, 2.05) is 6.20 Å². The first-order valence-corrected chi connectivity index (χ1v) is 9.84. The van der Waals surface area contributed by atoms with Crippen molar-refractivity contribution in [3.63, 3.8) is 0 Å². The maximum absolute atomic E-state index is 10.2. The van der Waals surface area contributed by atoms with Crippen molar-refractivity contribution in [2.24, 2.45) is 0 Å². The molecule has 1 saturated carbocycles. The van der Waals surface area contributed by atoms with Crippen molar-refractivity contribution in [3.8, 4) is 0 Å². The summed E-state index contributed by atoms with van der Waals surface area (Å²) in [6.07, 6.45) is 6.09. The number of thiophene rings is 1. The zero-order valence-corrected chi connectivity index (χ0v) is 15.3. The van der Waals surface area contributed by atoms with Crippen LogP contribution in [0.5, 0.6) is 0 Å². The fourth-order valence-corrected chi connectivity index (χ4v) is 5.06. The largest absolute Gasteiger partial charge is 0.385 e. The SMILES string of the molecule is C[C@@H](O)c1nc2cnc3ccsc3c2n1[C@H]1CC[C@H](I)CC1. The molecule has 3 aromatic heterocycles. The van der Waals surface area contributed by atoms with E-state index < -0.39 is 6.10 Å². The normalized spacial score (nSPS) is 24.1. The van der Waals surface area contributed by atoms with E-state index in [0.29, 0.717) is 6.04 Å². The third-order valence-electron chi connectivity index (χ3n) is 4.52. The molecule has 116 valence electrons. The Balaban J connectivity index is 1.96. The van der Waals surface area contributed by atoms with Crippen LogP contribution in [0.15, 0.2) is 17.6 Å². The van der Waals surface area contributed by atoms with Crippen LogP contribution in [0.25, 0.3) is 21.3 Å². The van der Waals surface area contributed by atoms with Gasteiger partial charge in [0.15, 0.2) is 0 Å². The minimum atomic E-state index is -0.556. The number of aliphatic hydroxyl groups is 1. The van der Waals surface area contributed by atoms with Gasteiger partial charge in [0, 0.05) is 9.97 Å². The lowest BCUT2D eigenvalue weighted by atomic mass is 9.95. The molecule has 22 heavy (non-hydrogen) atoms. The number of nitrogens with zero attached hydrogens (tertiary/aromatic N) is 3. The van der Waals surface area contributed by atoms with Gasteiger partial charge in [-0.1, -0.05) is 22.6 Å². The van der Waals surface area contributed by atoms with Crippen LogP contribution in [0.1, 0.15) is 50.6 Å². The molecule has 4 rings (SSSR count). The molecule has 1 aliphatic rings. The molecular formula is C16H18IN3OS. The molecule has 1 fully saturated rings. The average Bonchev–Trinajstić information content (AvgIpc) is 3.11. The number of aromatic nitrogens is 3. The average molecular weight is 427 g/mol. The van der Waals surface area contributed by atoms with Crippen molar-refractivity contribution in [2.45, 2.75) is 48.7 Å². The fraction of sp³-hybridized carbons (Fsp3) is 0.500. The summed E-state index contributed by atoms with van der Waals surface area (Å²) < 4.78 is 4.28. The minimum absolute atomic E-state index is 0.438. The van der Waals surface area contributed by atoms with Gasteiger partial charge in [-0.25, -0.2) is 4.98 Å². The maximum Gasteiger partial charge on any atom is 0.138 e. The molecule has 0 spiro atoms. The van der Waals surface area contributed by atoms with E-state index in [1.54, 1.807) is 18.3 Å². The van der Waals surface area contributed by atoms with Gasteiger partial charge in [-0.2, -0.15) is 0 Å². The number of hydrogen-bond donors (Lipinski definition) is 1. The van der Waals surface area contributed by atoms with Gasteiger partial charge in [0.05, 0.1) is 21.9 Å². The maximum atomic E-state index is 10.2. The molecule has 0 amide bonds. The van der Waals surface area contributed by atoms with Crippen molar-refractivity contribution >= 4 is 55.2 Å². The van der Waals surface area contributed by atoms with Crippen molar-refractivity contribution in [3.05, 3.63) is 23.5 Å². The van der Waals surface area contributed by atoms with Gasteiger partial charge in [0.25, 0.3) is 0 Å². The quantitative estimate of drug-likeness (QED) is 0.480. The second kappa shape index (κ2) is 5.72. The van der Waals surface area contributed by atoms with Crippen molar-refractivity contribution in [1.82, 2.24) is 14.5 Å². The van der Waals surface area contributed by atoms with Crippen LogP contribution in [0.3, 0.4) is 0 Å². The minimum Gasteiger partial charge on any atom is -0.385 e. The van der Waals surface area contributed by atoms with Gasteiger partial charge in [-0.3, -0.25) is 4.98 Å². The smallest absolute Gasteiger partial charge is 0.138 e. The topological polar surface area (TPSA) is 50.9 Å². The zero-order chi connectivity index (χ0) is 15.3. The highest BCUT2D eigenvalue weighted by molar-refractivity contribution is 14.1. The van der Waals surface area contributed by atoms with E-state index in [-0.39, 0.29) is 0 Å². The van der Waals surface area contributed by atoms with Crippen molar-refractivity contribution in [1.29, 1.82) is 0 Å². The predicted octanol–water partition coefficient (Wildman–Crippen LogP) is 4.62. The Labute approximate surface area is 146 Å². The van der Waals surface area contributed by atoms with E-state index in [1.165, 1.54) is 17.5 Å². The first-order chi connectivity index (χ1) is 10.6. The first-order valence-electron chi connectivity index (χ1n) is 7.71. The Kier molecular flexibility index (Phi) is 3.86. The molecule has 3 heterocycles. The Morgan fingerprint density at radius 2 is 2.09 bits per heavy atom. The number of halogens is 1. The van der Waals surface area contributed by atoms with Crippen LogP contribution in [-0.2, 0) is 0 Å². The van der Waals surface area contributed by atoms with Crippen LogP contribution in [0.4, 0.5) is 0 Å². The molecule has 1 aliphatic carbocycles. The van der Waals surface area contributed by atoms with E-state index in [0.717, 1.165) is 39.1 Å². The van der Waals surface area contributed by atoms with E-state index in [2.05, 4.69) is 43.6 Å². The highest BCUT2D eigenvalue weighted by Crippen LogP contribution is 2.39. The standard InChI is InChI=1S/C16H18IN3OS/c1-9(21)16-19-13-8-18-12-6-7-22-15(12)14(13)20(16)11-4-2-10(17)3-5-11/h6-11,21H,2-5H2,1H3/t9-,10-,11-/m1/s1. The Morgan fingerprint density at radius 3 is 2.82 bits per heavy atom. The third-order valence-corrected chi connectivity index (χ3v) is 6.67. The highest BCUT2D eigenvalue weighted by Gasteiger charge is 2.27. The molecule has 3 aromatic rings. The van der Waals surface area contributed by atoms with Crippen LogP contribution in [-0.4, -0.2) is 23.6 Å².